The molecule has 1 aliphatic rings. The second kappa shape index (κ2) is 17.9. The van der Waals surface area contributed by atoms with E-state index in [4.69, 9.17) is 14.7 Å². The minimum absolute atomic E-state index is 0. The maximum absolute atomic E-state index is 6.64. The molecule has 10 aromatic rings. The van der Waals surface area contributed by atoms with Crippen molar-refractivity contribution in [3.05, 3.63) is 194 Å². The zero-order valence-corrected chi connectivity index (χ0v) is 42.9. The first-order chi connectivity index (χ1) is 32.5. The molecule has 0 N–H and O–H groups in total. The fourth-order valence-corrected chi connectivity index (χ4v) is 15.6. The van der Waals surface area contributed by atoms with Gasteiger partial charge in [0.1, 0.15) is 13.9 Å². The van der Waals surface area contributed by atoms with Crippen LogP contribution in [-0.2, 0) is 31.9 Å². The topological polar surface area (TPSA) is 48.8 Å². The predicted molar refractivity (Wildman–Crippen MR) is 276 cm³/mol. The monoisotopic (exact) mass is 1080 g/mol. The van der Waals surface area contributed by atoms with Crippen molar-refractivity contribution < 1.29 is 30.4 Å². The molecule has 0 spiro atoms. The van der Waals surface area contributed by atoms with Crippen LogP contribution in [0.25, 0.3) is 61.3 Å². The molecule has 8 heteroatoms. The maximum Gasteiger partial charge on any atom is 0.269 e. The van der Waals surface area contributed by atoms with Crippen molar-refractivity contribution in [3.8, 4) is 39.9 Å². The Morgan fingerprint density at radius 2 is 1.31 bits per heavy atom. The number of hydrogen-bond donors (Lipinski definition) is 0. The fourth-order valence-electron chi connectivity index (χ4n) is 10.5. The Labute approximate surface area is 415 Å². The third kappa shape index (κ3) is 8.13. The molecule has 1 fully saturated rings. The van der Waals surface area contributed by atoms with Crippen molar-refractivity contribution in [3.63, 3.8) is 0 Å². The first kappa shape index (κ1) is 45.4. The zero-order chi connectivity index (χ0) is 45.9. The quantitative estimate of drug-likeness (QED) is 0.0865. The maximum atomic E-state index is 6.64. The summed E-state index contributed by atoms with van der Waals surface area (Å²) in [6, 6.07) is 64.6. The van der Waals surface area contributed by atoms with Gasteiger partial charge in [-0.05, 0) is 74.5 Å². The smallest absolute Gasteiger partial charge is 0.269 e. The van der Waals surface area contributed by atoms with Crippen molar-refractivity contribution in [2.45, 2.75) is 83.7 Å². The minimum Gasteiger partial charge on any atom is -0.522 e. The number of fused-ring (bicyclic) bond motifs is 4. The number of benzene rings is 6. The Bertz CT molecular complexity index is 3460. The number of para-hydroxylation sites is 4. The van der Waals surface area contributed by atoms with Gasteiger partial charge in [0, 0.05) is 38.5 Å². The molecular weight excluding hydrogens is 1030 g/mol. The Balaban J connectivity index is 0.00000539. The number of hydrogen-bond acceptors (Lipinski definition) is 3. The largest absolute Gasteiger partial charge is 0.522 e. The van der Waals surface area contributed by atoms with Crippen LogP contribution < -0.4 is 19.7 Å². The van der Waals surface area contributed by atoms with Gasteiger partial charge < -0.3 is 9.30 Å². The SMILES string of the molecule is CC(C)(C)c1ccnc(-n2c3[c-]c(Oc4[c-]c(-n5[c-][n+](-c6c(-c7cccc([Si]8(c9ccccc9)CCCCC8)c7)cccc6C(C)(C)C)c6ccccc65)ncc4)ccc3c3ccccc32)c1.[Pt]. The van der Waals surface area contributed by atoms with Crippen LogP contribution in [0.2, 0.25) is 12.1 Å². The van der Waals surface area contributed by atoms with Crippen molar-refractivity contribution in [1.82, 2.24) is 19.1 Å². The molecule has 0 unspecified atom stereocenters. The number of imidazole rings is 1. The van der Waals surface area contributed by atoms with E-state index in [-0.39, 0.29) is 31.9 Å². The second-order valence-corrected chi connectivity index (χ2v) is 24.6. The molecule has 0 saturated carbocycles. The summed E-state index contributed by atoms with van der Waals surface area (Å²) in [5.74, 6) is 2.53. The summed E-state index contributed by atoms with van der Waals surface area (Å²) in [7, 11) is -1.96. The van der Waals surface area contributed by atoms with Gasteiger partial charge in [-0.1, -0.05) is 198 Å². The third-order valence-electron chi connectivity index (χ3n) is 13.9. The molecule has 6 aromatic carbocycles. The molecule has 4 aromatic heterocycles. The van der Waals surface area contributed by atoms with Gasteiger partial charge in [0.25, 0.3) is 6.33 Å². The van der Waals surface area contributed by atoms with E-state index < -0.39 is 8.07 Å². The van der Waals surface area contributed by atoms with E-state index in [2.05, 4.69) is 209 Å². The molecule has 0 radical (unpaired) electrons. The summed E-state index contributed by atoms with van der Waals surface area (Å²) in [6.07, 6.45) is 11.4. The predicted octanol–water partition coefficient (Wildman–Crippen LogP) is 13.0. The molecule has 1 aliphatic heterocycles. The number of rotatable bonds is 8. The standard InChI is InChI=1S/C60H55N5OSi.Pt/c1-59(2,3)43-31-33-62-57(38-43)65-52-26-12-11-23-49(52)50-30-29-44(39-55(50)65)66-45-32-34-61-56(40-45)63-41-64(54-28-14-13-27-53(54)63)58-48(24-18-25-51(58)60(4,5)6)42-19-17-22-47(37-42)67(35-15-8-16-36-67)46-20-9-7-10-21-46;/h7,9-14,17-34,37-38H,8,15-16,35-36H2,1-6H3;/q-2;. The summed E-state index contributed by atoms with van der Waals surface area (Å²) in [5, 5.41) is 5.29. The van der Waals surface area contributed by atoms with Crippen molar-refractivity contribution in [2.75, 3.05) is 0 Å². The van der Waals surface area contributed by atoms with E-state index in [0.29, 0.717) is 17.3 Å². The van der Waals surface area contributed by atoms with Crippen LogP contribution in [0.15, 0.2) is 164 Å². The first-order valence-electron chi connectivity index (χ1n) is 23.7. The summed E-state index contributed by atoms with van der Waals surface area (Å²) < 4.78 is 13.1. The van der Waals surface area contributed by atoms with Crippen molar-refractivity contribution >= 4 is 51.3 Å². The molecule has 5 heterocycles. The van der Waals surface area contributed by atoms with Gasteiger partial charge >= 0.3 is 0 Å². The Morgan fingerprint density at radius 3 is 2.10 bits per heavy atom. The van der Waals surface area contributed by atoms with E-state index in [1.807, 2.05) is 22.9 Å². The Kier molecular flexibility index (Phi) is 12.0. The van der Waals surface area contributed by atoms with Crippen LogP contribution in [0.1, 0.15) is 71.9 Å². The first-order valence-corrected chi connectivity index (χ1v) is 26.1. The molecule has 342 valence electrons. The molecule has 0 aliphatic carbocycles. The van der Waals surface area contributed by atoms with E-state index in [9.17, 15) is 0 Å². The van der Waals surface area contributed by atoms with Crippen LogP contribution in [0.4, 0.5) is 0 Å². The summed E-state index contributed by atoms with van der Waals surface area (Å²) in [4.78, 5) is 9.75. The van der Waals surface area contributed by atoms with Gasteiger partial charge in [0.05, 0.1) is 22.5 Å². The van der Waals surface area contributed by atoms with Gasteiger partial charge in [0.2, 0.25) is 0 Å². The third-order valence-corrected chi connectivity index (χ3v) is 19.1. The van der Waals surface area contributed by atoms with Crippen LogP contribution in [0, 0.1) is 18.5 Å². The minimum atomic E-state index is -1.96. The Morgan fingerprint density at radius 1 is 0.603 bits per heavy atom. The summed E-state index contributed by atoms with van der Waals surface area (Å²) >= 11 is 0. The molecule has 0 amide bonds. The molecule has 0 bridgehead atoms. The molecule has 0 atom stereocenters. The zero-order valence-electron chi connectivity index (χ0n) is 39.6. The Hall–Kier alpha value is -6.40. The molecule has 11 rings (SSSR count). The normalized spacial score (nSPS) is 14.0. The van der Waals surface area contributed by atoms with Gasteiger partial charge in [-0.3, -0.25) is 14.1 Å². The number of ether oxygens (including phenoxy) is 1. The van der Waals surface area contributed by atoms with Gasteiger partial charge in [0.15, 0.2) is 0 Å². The molecule has 68 heavy (non-hydrogen) atoms. The van der Waals surface area contributed by atoms with Gasteiger partial charge in [-0.25, -0.2) is 4.98 Å². The van der Waals surface area contributed by atoms with Crippen LogP contribution >= 0.6 is 0 Å². The van der Waals surface area contributed by atoms with Crippen molar-refractivity contribution in [1.29, 1.82) is 0 Å². The fraction of sp³-hybridized carbons (Fsp3) is 0.217. The van der Waals surface area contributed by atoms with E-state index in [1.165, 1.54) is 58.8 Å². The molecule has 6 nitrogen and oxygen atoms in total. The van der Waals surface area contributed by atoms with Crippen LogP contribution in [0.5, 0.6) is 11.5 Å². The number of nitrogens with zero attached hydrogens (tertiary/aromatic N) is 5. The summed E-state index contributed by atoms with van der Waals surface area (Å²) in [5.41, 5.74) is 9.75. The second-order valence-electron chi connectivity index (χ2n) is 20.3. The molecular formula is C60H55N5OPtSi-2. The van der Waals surface area contributed by atoms with Crippen LogP contribution in [0.3, 0.4) is 0 Å². The number of aromatic nitrogens is 5. The number of pyridine rings is 2. The van der Waals surface area contributed by atoms with E-state index in [0.717, 1.165) is 44.3 Å². The van der Waals surface area contributed by atoms with Gasteiger partial charge in [-0.15, -0.1) is 17.5 Å². The average molecular weight is 1090 g/mol. The summed E-state index contributed by atoms with van der Waals surface area (Å²) in [6.45, 7) is 13.6. The van der Waals surface area contributed by atoms with E-state index in [1.54, 1.807) is 11.4 Å². The van der Waals surface area contributed by atoms with E-state index >= 15 is 0 Å². The van der Waals surface area contributed by atoms with Crippen molar-refractivity contribution in [2.24, 2.45) is 0 Å². The van der Waals surface area contributed by atoms with Crippen LogP contribution in [-0.4, -0.2) is 27.2 Å². The molecule has 1 saturated heterocycles. The average Bonchev–Trinajstić information content (AvgIpc) is 3.90. The van der Waals surface area contributed by atoms with Gasteiger partial charge in [-0.2, -0.15) is 18.2 Å².